The van der Waals surface area contributed by atoms with Crippen LogP contribution < -0.4 is 4.18 Å². The molecule has 0 aliphatic heterocycles. The van der Waals surface area contributed by atoms with Gasteiger partial charge in [0.15, 0.2) is 5.65 Å². The molecule has 0 aliphatic rings. The Balaban J connectivity index is 2.79. The summed E-state index contributed by atoms with van der Waals surface area (Å²) in [4.78, 5) is 16.1. The number of pyridine rings is 1. The van der Waals surface area contributed by atoms with E-state index in [-0.39, 0.29) is 23.2 Å². The van der Waals surface area contributed by atoms with E-state index in [4.69, 9.17) is 4.74 Å². The minimum Gasteiger partial charge on any atom is -0.462 e. The molecule has 0 aromatic carbocycles. The standard InChI is InChI=1S/C15H18F3N3O5S/c1-6-25-13(22)9-7-10(26-27(23,24)15(16,17)18)19-12-11(9)8(2)20-21(12)14(3,4)5/h7H,6H2,1-5H3. The minimum absolute atomic E-state index is 0.00192. The summed E-state index contributed by atoms with van der Waals surface area (Å²) in [5, 5.41) is 4.51. The third kappa shape index (κ3) is 3.99. The lowest BCUT2D eigenvalue weighted by Crippen LogP contribution is -2.28. The number of ether oxygens (including phenoxy) is 1. The third-order valence-corrected chi connectivity index (χ3v) is 4.36. The predicted molar refractivity (Wildman–Crippen MR) is 88.8 cm³/mol. The van der Waals surface area contributed by atoms with Gasteiger partial charge in [0.25, 0.3) is 0 Å². The molecule has 0 spiro atoms. The molecule has 0 bridgehead atoms. The summed E-state index contributed by atoms with van der Waals surface area (Å²) in [5.41, 5.74) is -6.12. The van der Waals surface area contributed by atoms with Crippen LogP contribution in [-0.2, 0) is 20.4 Å². The number of hydrogen-bond donors (Lipinski definition) is 0. The molecule has 0 unspecified atom stereocenters. The van der Waals surface area contributed by atoms with E-state index in [0.717, 1.165) is 6.07 Å². The lowest BCUT2D eigenvalue weighted by atomic mass is 10.1. The van der Waals surface area contributed by atoms with Gasteiger partial charge in [-0.25, -0.2) is 9.48 Å². The number of carbonyl (C=O) groups is 1. The molecule has 2 rings (SSSR count). The number of halogens is 3. The molecule has 2 aromatic heterocycles. The van der Waals surface area contributed by atoms with Crippen molar-refractivity contribution in [2.24, 2.45) is 0 Å². The summed E-state index contributed by atoms with van der Waals surface area (Å²) in [6.45, 7) is 8.40. The van der Waals surface area contributed by atoms with Crippen LogP contribution in [0.15, 0.2) is 6.07 Å². The summed E-state index contributed by atoms with van der Waals surface area (Å²) in [6.07, 6.45) is 0. The highest BCUT2D eigenvalue weighted by atomic mass is 32.2. The maximum absolute atomic E-state index is 12.6. The quantitative estimate of drug-likeness (QED) is 0.435. The van der Waals surface area contributed by atoms with Crippen LogP contribution in [0.4, 0.5) is 13.2 Å². The molecule has 0 N–H and O–H groups in total. The van der Waals surface area contributed by atoms with Gasteiger partial charge in [-0.15, -0.1) is 0 Å². The number of carbonyl (C=O) groups excluding carboxylic acids is 1. The largest absolute Gasteiger partial charge is 0.534 e. The number of aromatic nitrogens is 3. The van der Waals surface area contributed by atoms with E-state index in [1.54, 1.807) is 34.6 Å². The van der Waals surface area contributed by atoms with Crippen molar-refractivity contribution in [3.63, 3.8) is 0 Å². The highest BCUT2D eigenvalue weighted by Gasteiger charge is 2.49. The number of rotatable bonds is 4. The lowest BCUT2D eigenvalue weighted by molar-refractivity contribution is -0.0501. The number of aryl methyl sites for hydroxylation is 1. The molecule has 0 atom stereocenters. The van der Waals surface area contributed by atoms with Gasteiger partial charge < -0.3 is 8.92 Å². The van der Waals surface area contributed by atoms with Crippen molar-refractivity contribution in [1.82, 2.24) is 14.8 Å². The van der Waals surface area contributed by atoms with E-state index in [1.165, 1.54) is 4.68 Å². The van der Waals surface area contributed by atoms with E-state index in [2.05, 4.69) is 14.3 Å². The Kier molecular flexibility index (Phi) is 5.16. The number of alkyl halides is 3. The molecule has 12 heteroatoms. The van der Waals surface area contributed by atoms with Gasteiger partial charge in [-0.05, 0) is 34.6 Å². The van der Waals surface area contributed by atoms with Gasteiger partial charge >= 0.3 is 21.6 Å². The fraction of sp³-hybridized carbons (Fsp3) is 0.533. The summed E-state index contributed by atoms with van der Waals surface area (Å²) in [6, 6.07) is 0.797. The monoisotopic (exact) mass is 409 g/mol. The molecule has 0 saturated carbocycles. The fourth-order valence-corrected chi connectivity index (χ4v) is 2.71. The van der Waals surface area contributed by atoms with Gasteiger partial charge in [0.2, 0.25) is 5.88 Å². The Labute approximate surface area is 153 Å². The van der Waals surface area contributed by atoms with Gasteiger partial charge in [0.1, 0.15) is 0 Å². The van der Waals surface area contributed by atoms with Gasteiger partial charge in [-0.1, -0.05) is 0 Å². The van der Waals surface area contributed by atoms with E-state index in [1.807, 2.05) is 0 Å². The zero-order valence-electron chi connectivity index (χ0n) is 15.2. The lowest BCUT2D eigenvalue weighted by Gasteiger charge is -2.20. The normalized spacial score (nSPS) is 13.0. The van der Waals surface area contributed by atoms with E-state index in [9.17, 15) is 26.4 Å². The predicted octanol–water partition coefficient (Wildman–Crippen LogP) is 2.90. The molecule has 0 fully saturated rings. The molecule has 2 heterocycles. The molecule has 0 aliphatic carbocycles. The molecule has 150 valence electrons. The number of hydrogen-bond acceptors (Lipinski definition) is 7. The molecule has 0 saturated heterocycles. The van der Waals surface area contributed by atoms with Crippen LogP contribution in [0.5, 0.6) is 5.88 Å². The average Bonchev–Trinajstić information content (AvgIpc) is 2.82. The molecular formula is C15H18F3N3O5S. The van der Waals surface area contributed by atoms with Crippen LogP contribution >= 0.6 is 0 Å². The van der Waals surface area contributed by atoms with Gasteiger partial charge in [0, 0.05) is 6.07 Å². The highest BCUT2D eigenvalue weighted by Crippen LogP contribution is 2.32. The maximum atomic E-state index is 12.6. The molecule has 27 heavy (non-hydrogen) atoms. The highest BCUT2D eigenvalue weighted by molar-refractivity contribution is 7.87. The Morgan fingerprint density at radius 3 is 2.33 bits per heavy atom. The Bertz CT molecular complexity index is 991. The maximum Gasteiger partial charge on any atom is 0.534 e. The second-order valence-corrected chi connectivity index (χ2v) is 8.12. The first kappa shape index (κ1) is 20.9. The smallest absolute Gasteiger partial charge is 0.462 e. The van der Waals surface area contributed by atoms with Crippen molar-refractivity contribution >= 4 is 27.1 Å². The van der Waals surface area contributed by atoms with Gasteiger partial charge in [-0.2, -0.15) is 31.7 Å². The van der Waals surface area contributed by atoms with Crippen molar-refractivity contribution < 1.29 is 35.3 Å². The van der Waals surface area contributed by atoms with Crippen LogP contribution in [0, 0.1) is 6.92 Å². The molecule has 2 aromatic rings. The van der Waals surface area contributed by atoms with Gasteiger partial charge in [-0.3, -0.25) is 0 Å². The van der Waals surface area contributed by atoms with Crippen molar-refractivity contribution in [2.75, 3.05) is 6.61 Å². The van der Waals surface area contributed by atoms with E-state index < -0.39 is 33.0 Å². The van der Waals surface area contributed by atoms with E-state index in [0.29, 0.717) is 5.69 Å². The fourth-order valence-electron chi connectivity index (χ4n) is 2.31. The first-order valence-corrected chi connectivity index (χ1v) is 9.18. The van der Waals surface area contributed by atoms with Crippen molar-refractivity contribution in [1.29, 1.82) is 0 Å². The molecule has 0 radical (unpaired) electrons. The van der Waals surface area contributed by atoms with Crippen LogP contribution in [0.1, 0.15) is 43.7 Å². The zero-order valence-corrected chi connectivity index (χ0v) is 16.0. The number of fused-ring (bicyclic) bond motifs is 1. The second kappa shape index (κ2) is 6.66. The van der Waals surface area contributed by atoms with Crippen LogP contribution in [-0.4, -0.2) is 41.3 Å². The second-order valence-electron chi connectivity index (χ2n) is 6.58. The van der Waals surface area contributed by atoms with Crippen molar-refractivity contribution in [2.45, 2.75) is 45.7 Å². The minimum atomic E-state index is -5.96. The SMILES string of the molecule is CCOC(=O)c1cc(OS(=O)(=O)C(F)(F)F)nc2c1c(C)nn2C(C)(C)C. The van der Waals surface area contributed by atoms with Crippen LogP contribution in [0.3, 0.4) is 0 Å². The summed E-state index contributed by atoms with van der Waals surface area (Å²) in [7, 11) is -5.96. The molecule has 0 amide bonds. The topological polar surface area (TPSA) is 100 Å². The zero-order chi connectivity index (χ0) is 20.8. The summed E-state index contributed by atoms with van der Waals surface area (Å²) in [5.74, 6) is -1.77. The number of nitrogens with zero attached hydrogens (tertiary/aromatic N) is 3. The summed E-state index contributed by atoms with van der Waals surface area (Å²) >= 11 is 0. The van der Waals surface area contributed by atoms with Crippen molar-refractivity contribution in [3.8, 4) is 5.88 Å². The van der Waals surface area contributed by atoms with Gasteiger partial charge in [0.05, 0.1) is 28.8 Å². The third-order valence-electron chi connectivity index (χ3n) is 3.40. The summed E-state index contributed by atoms with van der Waals surface area (Å²) < 4.78 is 70.9. The average molecular weight is 409 g/mol. The van der Waals surface area contributed by atoms with Crippen molar-refractivity contribution in [3.05, 3.63) is 17.3 Å². The van der Waals surface area contributed by atoms with Crippen LogP contribution in [0.2, 0.25) is 0 Å². The Morgan fingerprint density at radius 2 is 1.85 bits per heavy atom. The molecular weight excluding hydrogens is 391 g/mol. The molecule has 8 nitrogen and oxygen atoms in total. The first-order chi connectivity index (χ1) is 12.2. The number of esters is 1. The Hall–Kier alpha value is -2.37. The van der Waals surface area contributed by atoms with E-state index >= 15 is 0 Å². The Morgan fingerprint density at radius 1 is 1.26 bits per heavy atom. The first-order valence-electron chi connectivity index (χ1n) is 7.77. The van der Waals surface area contributed by atoms with Crippen LogP contribution in [0.25, 0.3) is 11.0 Å².